The molecule has 2 aromatic heterocycles. The predicted octanol–water partition coefficient (Wildman–Crippen LogP) is 3.06. The number of anilines is 3. The van der Waals surface area contributed by atoms with E-state index in [9.17, 15) is 13.6 Å². The van der Waals surface area contributed by atoms with Crippen LogP contribution >= 0.6 is 0 Å². The van der Waals surface area contributed by atoms with Crippen LogP contribution in [0.4, 0.5) is 25.8 Å². The maximum absolute atomic E-state index is 14.2. The summed E-state index contributed by atoms with van der Waals surface area (Å²) in [6.45, 7) is 0. The molecule has 0 aliphatic heterocycles. The van der Waals surface area contributed by atoms with Gasteiger partial charge in [0.05, 0.1) is 17.3 Å². The first-order valence-corrected chi connectivity index (χ1v) is 8.63. The third-order valence-corrected chi connectivity index (χ3v) is 4.54. The number of hydrogen-bond acceptors (Lipinski definition) is 5. The van der Waals surface area contributed by atoms with Crippen LogP contribution in [0.5, 0.6) is 0 Å². The molecule has 3 N–H and O–H groups in total. The second-order valence-corrected chi connectivity index (χ2v) is 6.49. The van der Waals surface area contributed by atoms with Crippen LogP contribution in [-0.2, 0) is 7.05 Å². The van der Waals surface area contributed by atoms with Crippen LogP contribution in [0.1, 0.15) is 0 Å². The zero-order chi connectivity index (χ0) is 20.7. The van der Waals surface area contributed by atoms with E-state index >= 15 is 0 Å². The summed E-state index contributed by atoms with van der Waals surface area (Å²) < 4.78 is 28.8. The van der Waals surface area contributed by atoms with Gasteiger partial charge in [-0.2, -0.15) is 0 Å². The first kappa shape index (κ1) is 18.5. The topological polar surface area (TPSA) is 87.1 Å². The van der Waals surface area contributed by atoms with Gasteiger partial charge < -0.3 is 20.5 Å². The van der Waals surface area contributed by atoms with Gasteiger partial charge in [-0.15, -0.1) is 9.94 Å². The fraction of sp³-hybridized carbons (Fsp3) is 0.100. The van der Waals surface area contributed by atoms with Gasteiger partial charge in [0.15, 0.2) is 0 Å². The number of halogens is 2. The molecule has 7 nitrogen and oxygen atoms in total. The lowest BCUT2D eigenvalue weighted by Gasteiger charge is -2.15. The molecule has 9 heteroatoms. The van der Waals surface area contributed by atoms with Gasteiger partial charge in [0.2, 0.25) is 0 Å². The Hall–Kier alpha value is -3.88. The van der Waals surface area contributed by atoms with Gasteiger partial charge >= 0.3 is 0 Å². The fourth-order valence-corrected chi connectivity index (χ4v) is 3.13. The molecule has 2 heterocycles. The summed E-state index contributed by atoms with van der Waals surface area (Å²) in [4.78, 5) is 18.8. The highest BCUT2D eigenvalue weighted by molar-refractivity contribution is 5.97. The highest BCUT2D eigenvalue weighted by Gasteiger charge is 2.17. The van der Waals surface area contributed by atoms with E-state index in [0.717, 1.165) is 12.1 Å². The Kier molecular flexibility index (Phi) is 4.42. The molecule has 2 aromatic carbocycles. The zero-order valence-electron chi connectivity index (χ0n) is 15.6. The zero-order valence-corrected chi connectivity index (χ0v) is 15.6. The molecule has 4 aromatic rings. The Morgan fingerprint density at radius 3 is 2.55 bits per heavy atom. The Morgan fingerprint density at radius 2 is 1.83 bits per heavy atom. The number of nitrogens with zero attached hydrogens (tertiary/aromatic N) is 3. The van der Waals surface area contributed by atoms with Crippen molar-refractivity contribution < 1.29 is 13.6 Å². The fourth-order valence-electron chi connectivity index (χ4n) is 3.13. The number of benzene rings is 2. The summed E-state index contributed by atoms with van der Waals surface area (Å²) in [5.74, 6) is -1.41. The van der Waals surface area contributed by atoms with E-state index < -0.39 is 11.6 Å². The maximum Gasteiger partial charge on any atom is 0.261 e. The molecule has 0 unspecified atom stereocenters. The lowest BCUT2D eigenvalue weighted by molar-refractivity contribution is 0.136. The number of pyridine rings is 1. The van der Waals surface area contributed by atoms with Crippen molar-refractivity contribution in [1.29, 1.82) is 0 Å². The van der Waals surface area contributed by atoms with E-state index in [0.29, 0.717) is 33.4 Å². The molecule has 0 spiro atoms. The number of nitrogens with two attached hydrogens (primary N) is 1. The third-order valence-electron chi connectivity index (χ3n) is 4.54. The van der Waals surface area contributed by atoms with Gasteiger partial charge in [0.25, 0.3) is 5.56 Å². The van der Waals surface area contributed by atoms with Crippen LogP contribution < -0.4 is 21.4 Å². The van der Waals surface area contributed by atoms with Gasteiger partial charge in [-0.25, -0.2) is 8.78 Å². The van der Waals surface area contributed by atoms with E-state index in [2.05, 4.69) is 10.4 Å². The maximum atomic E-state index is 14.2. The Balaban J connectivity index is 1.94. The predicted molar refractivity (Wildman–Crippen MR) is 107 cm³/mol. The number of aryl methyl sites for hydroxylation is 1. The number of aromatic nitrogens is 3. The summed E-state index contributed by atoms with van der Waals surface area (Å²) in [5.41, 5.74) is 8.41. The summed E-state index contributed by atoms with van der Waals surface area (Å²) in [5, 5.41) is 7.62. The number of nitrogen functional groups attached to an aromatic ring is 1. The van der Waals surface area contributed by atoms with E-state index in [1.807, 2.05) is 0 Å². The number of hydrogen-bond donors (Lipinski definition) is 2. The Bertz CT molecular complexity index is 1300. The molecule has 0 aliphatic carbocycles. The van der Waals surface area contributed by atoms with Gasteiger partial charge in [-0.3, -0.25) is 4.79 Å². The van der Waals surface area contributed by atoms with E-state index in [1.54, 1.807) is 31.4 Å². The first-order chi connectivity index (χ1) is 13.9. The van der Waals surface area contributed by atoms with Crippen LogP contribution in [0.15, 0.2) is 53.6 Å². The van der Waals surface area contributed by atoms with Crippen molar-refractivity contribution in [3.8, 4) is 11.1 Å². The molecule has 0 saturated heterocycles. The summed E-state index contributed by atoms with van der Waals surface area (Å²) in [6.07, 6.45) is 3.11. The Morgan fingerprint density at radius 1 is 1.07 bits per heavy atom. The summed E-state index contributed by atoms with van der Waals surface area (Å²) in [6, 6.07) is 8.28. The molecule has 0 saturated carbocycles. The molecular formula is C20H17F2N5O2. The van der Waals surface area contributed by atoms with Crippen LogP contribution in [0, 0.1) is 11.6 Å². The molecule has 0 radical (unpaired) electrons. The van der Waals surface area contributed by atoms with Crippen molar-refractivity contribution in [2.75, 3.05) is 18.2 Å². The highest BCUT2D eigenvalue weighted by atomic mass is 19.1. The molecule has 4 rings (SSSR count). The van der Waals surface area contributed by atoms with Gasteiger partial charge in [-0.05, 0) is 30.3 Å². The molecule has 0 amide bonds. The minimum atomic E-state index is -0.734. The molecule has 0 bridgehead atoms. The van der Waals surface area contributed by atoms with E-state index in [-0.39, 0.29) is 11.2 Å². The average molecular weight is 397 g/mol. The quantitative estimate of drug-likeness (QED) is 0.517. The molecular weight excluding hydrogens is 380 g/mol. The minimum Gasteiger partial charge on any atom is -0.400 e. The van der Waals surface area contributed by atoms with Crippen molar-refractivity contribution in [2.24, 2.45) is 7.05 Å². The molecule has 148 valence electrons. The minimum absolute atomic E-state index is 0.0981. The van der Waals surface area contributed by atoms with Crippen molar-refractivity contribution in [3.63, 3.8) is 0 Å². The van der Waals surface area contributed by atoms with Crippen LogP contribution in [0.3, 0.4) is 0 Å². The van der Waals surface area contributed by atoms with Gasteiger partial charge in [0, 0.05) is 41.8 Å². The molecule has 0 fully saturated rings. The van der Waals surface area contributed by atoms with Gasteiger partial charge in [0.1, 0.15) is 24.3 Å². The van der Waals surface area contributed by atoms with Crippen molar-refractivity contribution in [2.45, 2.75) is 0 Å². The number of fused-ring (bicyclic) bond motifs is 1. The first-order valence-electron chi connectivity index (χ1n) is 8.63. The SMILES string of the molecule is COn1cc2c(=O)n(C)cc(-c3cc(N)ccc3Nc3ccc(F)cc3F)c2n1. The average Bonchev–Trinajstić information content (AvgIpc) is 3.13. The van der Waals surface area contributed by atoms with Crippen LogP contribution in [0.2, 0.25) is 0 Å². The molecule has 29 heavy (non-hydrogen) atoms. The van der Waals surface area contributed by atoms with Crippen molar-refractivity contribution in [3.05, 3.63) is 70.8 Å². The summed E-state index contributed by atoms with van der Waals surface area (Å²) >= 11 is 0. The molecule has 0 atom stereocenters. The van der Waals surface area contributed by atoms with Gasteiger partial charge in [-0.1, -0.05) is 0 Å². The lowest BCUT2D eigenvalue weighted by Crippen LogP contribution is -2.16. The second-order valence-electron chi connectivity index (χ2n) is 6.49. The molecule has 0 aliphatic rings. The third kappa shape index (κ3) is 3.27. The second kappa shape index (κ2) is 6.93. The summed E-state index contributed by atoms with van der Waals surface area (Å²) in [7, 11) is 3.05. The van der Waals surface area contributed by atoms with E-state index in [4.69, 9.17) is 10.6 Å². The Labute approximate surface area is 163 Å². The lowest BCUT2D eigenvalue weighted by atomic mass is 10.0. The number of nitrogens with one attached hydrogen (secondary N) is 1. The van der Waals surface area contributed by atoms with Crippen LogP contribution in [0.25, 0.3) is 22.0 Å². The van der Waals surface area contributed by atoms with Crippen molar-refractivity contribution in [1.82, 2.24) is 14.5 Å². The van der Waals surface area contributed by atoms with Crippen LogP contribution in [-0.4, -0.2) is 21.6 Å². The standard InChI is InChI=1S/C20H17F2N5O2/c1-26-9-14(19-15(20(26)28)10-27(25-19)29-2)13-8-12(23)4-6-17(13)24-18-5-3-11(21)7-16(18)22/h3-10,24H,23H2,1-2H3. The smallest absolute Gasteiger partial charge is 0.261 e. The highest BCUT2D eigenvalue weighted by Crippen LogP contribution is 2.35. The van der Waals surface area contributed by atoms with Crippen molar-refractivity contribution >= 4 is 28.0 Å². The monoisotopic (exact) mass is 397 g/mol. The number of rotatable bonds is 4. The van der Waals surface area contributed by atoms with E-state index in [1.165, 1.54) is 28.8 Å². The largest absolute Gasteiger partial charge is 0.400 e. The normalized spacial score (nSPS) is 11.0.